The zero-order chi connectivity index (χ0) is 20.5. The first-order valence-corrected chi connectivity index (χ1v) is 8.43. The molecular formula is C20H22O7. The summed E-state index contributed by atoms with van der Waals surface area (Å²) < 4.78 is 5.30. The van der Waals surface area contributed by atoms with Crippen LogP contribution in [-0.2, 0) is 9.53 Å². The minimum absolute atomic E-state index is 0.271. The van der Waals surface area contributed by atoms with Crippen LogP contribution in [0.15, 0.2) is 35.4 Å². The number of ether oxygens (including phenoxy) is 1. The van der Waals surface area contributed by atoms with Crippen LogP contribution in [0.4, 0.5) is 0 Å². The van der Waals surface area contributed by atoms with Gasteiger partial charge in [-0.3, -0.25) is 14.4 Å². The van der Waals surface area contributed by atoms with Gasteiger partial charge in [0.2, 0.25) is 0 Å². The fraction of sp³-hybridized carbons (Fsp3) is 0.350. The SMILES string of the molecule is CC(C)=CC(O)[C@@H](OC(=O)C(C)C)C1=CC(=O)c2c(O)ccc(O)c2C1=O. The summed E-state index contributed by atoms with van der Waals surface area (Å²) in [6.07, 6.45) is -0.485. The van der Waals surface area contributed by atoms with Gasteiger partial charge in [0.15, 0.2) is 17.7 Å². The molecule has 7 nitrogen and oxygen atoms in total. The number of fused-ring (bicyclic) bond motifs is 1. The normalized spacial score (nSPS) is 15.7. The van der Waals surface area contributed by atoms with Crippen LogP contribution in [0.5, 0.6) is 11.5 Å². The molecule has 0 radical (unpaired) electrons. The van der Waals surface area contributed by atoms with Crippen LogP contribution in [0.2, 0.25) is 0 Å². The molecule has 2 rings (SSSR count). The fourth-order valence-corrected chi connectivity index (χ4v) is 2.70. The minimum atomic E-state index is -1.43. The highest BCUT2D eigenvalue weighted by Crippen LogP contribution is 2.36. The van der Waals surface area contributed by atoms with E-state index in [2.05, 4.69) is 0 Å². The van der Waals surface area contributed by atoms with Gasteiger partial charge in [0.05, 0.1) is 17.0 Å². The Kier molecular flexibility index (Phi) is 5.85. The van der Waals surface area contributed by atoms with Crippen molar-refractivity contribution in [3.8, 4) is 11.5 Å². The lowest BCUT2D eigenvalue weighted by Gasteiger charge is -2.27. The van der Waals surface area contributed by atoms with E-state index in [0.29, 0.717) is 5.57 Å². The third kappa shape index (κ3) is 4.09. The first-order valence-electron chi connectivity index (χ1n) is 8.43. The van der Waals surface area contributed by atoms with Crippen LogP contribution in [0.25, 0.3) is 0 Å². The van der Waals surface area contributed by atoms with Crippen LogP contribution in [0.1, 0.15) is 48.4 Å². The lowest BCUT2D eigenvalue weighted by Crippen LogP contribution is -2.38. The van der Waals surface area contributed by atoms with Crippen LogP contribution >= 0.6 is 0 Å². The molecule has 0 amide bonds. The van der Waals surface area contributed by atoms with Gasteiger partial charge in [0.1, 0.15) is 17.6 Å². The maximum absolute atomic E-state index is 12.9. The van der Waals surface area contributed by atoms with Gasteiger partial charge >= 0.3 is 5.97 Å². The average Bonchev–Trinajstić information content (AvgIpc) is 2.57. The molecule has 2 atom stereocenters. The lowest BCUT2D eigenvalue weighted by atomic mass is 9.84. The molecule has 7 heteroatoms. The summed E-state index contributed by atoms with van der Waals surface area (Å²) in [5.74, 6) is -3.66. The molecule has 1 aliphatic carbocycles. The number of esters is 1. The highest BCUT2D eigenvalue weighted by atomic mass is 16.6. The Hall–Kier alpha value is -2.93. The quantitative estimate of drug-likeness (QED) is 0.411. The van der Waals surface area contributed by atoms with Crippen molar-refractivity contribution in [2.24, 2.45) is 5.92 Å². The van der Waals surface area contributed by atoms with E-state index in [1.165, 1.54) is 6.08 Å². The van der Waals surface area contributed by atoms with Crippen molar-refractivity contribution in [3.63, 3.8) is 0 Å². The number of Topliss-reactive ketones (excluding diaryl/α,β-unsaturated/α-hetero) is 1. The van der Waals surface area contributed by atoms with Crippen LogP contribution in [0.3, 0.4) is 0 Å². The van der Waals surface area contributed by atoms with Crippen molar-refractivity contribution in [2.75, 3.05) is 0 Å². The maximum Gasteiger partial charge on any atom is 0.309 e. The van der Waals surface area contributed by atoms with E-state index in [0.717, 1.165) is 18.2 Å². The van der Waals surface area contributed by atoms with E-state index < -0.39 is 47.2 Å². The van der Waals surface area contributed by atoms with E-state index in [-0.39, 0.29) is 16.7 Å². The number of ketones is 2. The Morgan fingerprint density at radius 2 is 1.63 bits per heavy atom. The van der Waals surface area contributed by atoms with Crippen molar-refractivity contribution in [1.82, 2.24) is 0 Å². The Bertz CT molecular complexity index is 857. The zero-order valence-electron chi connectivity index (χ0n) is 15.5. The molecule has 144 valence electrons. The second-order valence-electron chi connectivity index (χ2n) is 6.89. The standard InChI is InChI=1S/C20H22O7/c1-9(2)7-15(24)19(27-20(26)10(3)4)11-8-14(23)16-12(21)5-6-13(22)17(16)18(11)25/h5-8,10,15,19,21-22,24H,1-4H3/t15?,19-/m0/s1. The van der Waals surface area contributed by atoms with Gasteiger partial charge < -0.3 is 20.1 Å². The van der Waals surface area contributed by atoms with Gasteiger partial charge in [-0.05, 0) is 32.1 Å². The third-order valence-electron chi connectivity index (χ3n) is 4.02. The number of benzene rings is 1. The third-order valence-corrected chi connectivity index (χ3v) is 4.02. The van der Waals surface area contributed by atoms with Crippen LogP contribution in [-0.4, -0.2) is 45.1 Å². The van der Waals surface area contributed by atoms with Gasteiger partial charge in [-0.1, -0.05) is 25.5 Å². The molecule has 0 aliphatic heterocycles. The summed E-state index contributed by atoms with van der Waals surface area (Å²) in [5.41, 5.74) is -0.265. The maximum atomic E-state index is 12.9. The molecule has 0 spiro atoms. The monoisotopic (exact) mass is 374 g/mol. The lowest BCUT2D eigenvalue weighted by molar-refractivity contribution is -0.154. The largest absolute Gasteiger partial charge is 0.507 e. The summed E-state index contributed by atoms with van der Waals surface area (Å²) >= 11 is 0. The van der Waals surface area contributed by atoms with Gasteiger partial charge in [-0.25, -0.2) is 0 Å². The average molecular weight is 374 g/mol. The van der Waals surface area contributed by atoms with E-state index in [1.54, 1.807) is 27.7 Å². The molecule has 0 fully saturated rings. The van der Waals surface area contributed by atoms with E-state index >= 15 is 0 Å². The van der Waals surface area contributed by atoms with Crippen molar-refractivity contribution in [1.29, 1.82) is 0 Å². The Labute approximate surface area is 156 Å². The Morgan fingerprint density at radius 1 is 1.07 bits per heavy atom. The topological polar surface area (TPSA) is 121 Å². The van der Waals surface area contributed by atoms with E-state index in [9.17, 15) is 29.7 Å². The van der Waals surface area contributed by atoms with Crippen molar-refractivity contribution in [3.05, 3.63) is 46.6 Å². The molecule has 1 aliphatic rings. The number of phenolic OH excluding ortho intramolecular Hbond substituents is 2. The molecule has 1 aromatic rings. The number of aliphatic hydroxyl groups is 1. The summed E-state index contributed by atoms with van der Waals surface area (Å²) in [6, 6.07) is 2.19. The molecule has 3 N–H and O–H groups in total. The van der Waals surface area contributed by atoms with Gasteiger partial charge in [-0.15, -0.1) is 0 Å². The molecule has 0 aromatic heterocycles. The highest BCUT2D eigenvalue weighted by molar-refractivity contribution is 6.27. The summed E-state index contributed by atoms with van der Waals surface area (Å²) in [4.78, 5) is 37.4. The molecule has 0 heterocycles. The molecule has 0 bridgehead atoms. The highest BCUT2D eigenvalue weighted by Gasteiger charge is 2.38. The smallest absolute Gasteiger partial charge is 0.309 e. The van der Waals surface area contributed by atoms with Gasteiger partial charge in [0, 0.05) is 5.57 Å². The predicted octanol–water partition coefficient (Wildman–Crippen LogP) is 2.30. The fourth-order valence-electron chi connectivity index (χ4n) is 2.70. The number of carbonyl (C=O) groups excluding carboxylic acids is 3. The number of hydrogen-bond donors (Lipinski definition) is 3. The molecular weight excluding hydrogens is 352 g/mol. The number of hydrogen-bond acceptors (Lipinski definition) is 7. The number of allylic oxidation sites excluding steroid dienone is 2. The van der Waals surface area contributed by atoms with Crippen LogP contribution < -0.4 is 0 Å². The molecule has 0 saturated heterocycles. The Balaban J connectivity index is 2.57. The first-order chi connectivity index (χ1) is 12.5. The number of aliphatic hydroxyl groups excluding tert-OH is 1. The van der Waals surface area contributed by atoms with Gasteiger partial charge in [0.25, 0.3) is 0 Å². The van der Waals surface area contributed by atoms with Crippen molar-refractivity contribution < 1.29 is 34.4 Å². The summed E-state index contributed by atoms with van der Waals surface area (Å²) in [5, 5.41) is 30.4. The predicted molar refractivity (Wildman–Crippen MR) is 96.7 cm³/mol. The molecule has 1 aromatic carbocycles. The number of phenols is 2. The number of aromatic hydroxyl groups is 2. The van der Waals surface area contributed by atoms with Gasteiger partial charge in [-0.2, -0.15) is 0 Å². The van der Waals surface area contributed by atoms with Crippen LogP contribution in [0, 0.1) is 5.92 Å². The second kappa shape index (κ2) is 7.75. The van der Waals surface area contributed by atoms with E-state index in [1.807, 2.05) is 0 Å². The number of carbonyl (C=O) groups is 3. The molecule has 27 heavy (non-hydrogen) atoms. The minimum Gasteiger partial charge on any atom is -0.507 e. The van der Waals surface area contributed by atoms with Crippen molar-refractivity contribution in [2.45, 2.75) is 39.9 Å². The molecule has 0 saturated carbocycles. The zero-order valence-corrected chi connectivity index (χ0v) is 15.5. The van der Waals surface area contributed by atoms with Crippen molar-refractivity contribution >= 4 is 17.5 Å². The first kappa shape index (κ1) is 20.4. The second-order valence-corrected chi connectivity index (χ2v) is 6.89. The summed E-state index contributed by atoms with van der Waals surface area (Å²) in [6.45, 7) is 6.61. The summed E-state index contributed by atoms with van der Waals surface area (Å²) in [7, 11) is 0. The van der Waals surface area contributed by atoms with E-state index in [4.69, 9.17) is 4.74 Å². The Morgan fingerprint density at radius 3 is 2.15 bits per heavy atom. The molecule has 1 unspecified atom stereocenters. The number of rotatable bonds is 5.